The predicted octanol–water partition coefficient (Wildman–Crippen LogP) is 5.75. The number of fused-ring (bicyclic) bond motifs is 1. The van der Waals surface area contributed by atoms with Crippen molar-refractivity contribution in [3.05, 3.63) is 89.4 Å². The van der Waals surface area contributed by atoms with E-state index in [0.717, 1.165) is 32.4 Å². The molecule has 5 nitrogen and oxygen atoms in total. The zero-order chi connectivity index (χ0) is 19.6. The van der Waals surface area contributed by atoms with Crippen LogP contribution in [0.15, 0.2) is 78.9 Å². The summed E-state index contributed by atoms with van der Waals surface area (Å²) in [6, 6.07) is 25.5. The summed E-state index contributed by atoms with van der Waals surface area (Å²) in [5, 5.41) is 14.9. The Kier molecular flexibility index (Phi) is 4.71. The van der Waals surface area contributed by atoms with E-state index in [2.05, 4.69) is 10.2 Å². The molecule has 2 aromatic heterocycles. The Bertz CT molecular complexity index is 1270. The molecule has 0 atom stereocenters. The van der Waals surface area contributed by atoms with Gasteiger partial charge in [0.05, 0.1) is 0 Å². The van der Waals surface area contributed by atoms with Gasteiger partial charge in [-0.05, 0) is 30.3 Å². The van der Waals surface area contributed by atoms with Crippen molar-refractivity contribution in [2.75, 3.05) is 0 Å². The standard InChI is InChI=1S/C22H15ClN4OS/c23-19-9-5-4-8-17(19)14-28-18-12-10-15(11-13-18)20-24-25-22-27(20)26-21(29-22)16-6-2-1-3-7-16/h1-13H,14H2. The molecule has 0 unspecified atom stereocenters. The van der Waals surface area contributed by atoms with E-state index in [1.54, 1.807) is 4.52 Å². The number of aromatic nitrogens is 4. The van der Waals surface area contributed by atoms with Gasteiger partial charge < -0.3 is 4.74 Å². The molecule has 5 rings (SSSR count). The molecule has 0 amide bonds. The van der Waals surface area contributed by atoms with Crippen molar-refractivity contribution in [1.29, 1.82) is 0 Å². The van der Waals surface area contributed by atoms with Crippen LogP contribution in [-0.2, 0) is 6.61 Å². The fraction of sp³-hybridized carbons (Fsp3) is 0.0455. The van der Waals surface area contributed by atoms with Gasteiger partial charge in [0.2, 0.25) is 4.96 Å². The molecule has 0 fully saturated rings. The van der Waals surface area contributed by atoms with Gasteiger partial charge in [0.15, 0.2) is 5.82 Å². The van der Waals surface area contributed by atoms with Crippen molar-refractivity contribution in [1.82, 2.24) is 19.8 Å². The monoisotopic (exact) mass is 418 g/mol. The van der Waals surface area contributed by atoms with Gasteiger partial charge in [-0.2, -0.15) is 9.61 Å². The lowest BCUT2D eigenvalue weighted by atomic mass is 10.2. The highest BCUT2D eigenvalue weighted by molar-refractivity contribution is 7.19. The first kappa shape index (κ1) is 17.8. The topological polar surface area (TPSA) is 52.3 Å². The summed E-state index contributed by atoms with van der Waals surface area (Å²) in [7, 11) is 0. The molecule has 29 heavy (non-hydrogen) atoms. The summed E-state index contributed by atoms with van der Waals surface area (Å²) < 4.78 is 7.64. The maximum Gasteiger partial charge on any atom is 0.235 e. The van der Waals surface area contributed by atoms with Crippen LogP contribution >= 0.6 is 22.9 Å². The molecule has 0 aliphatic rings. The van der Waals surface area contributed by atoms with Gasteiger partial charge in [-0.15, -0.1) is 10.2 Å². The average molecular weight is 419 g/mol. The lowest BCUT2D eigenvalue weighted by Gasteiger charge is -2.08. The largest absolute Gasteiger partial charge is 0.489 e. The number of benzene rings is 3. The predicted molar refractivity (Wildman–Crippen MR) is 115 cm³/mol. The summed E-state index contributed by atoms with van der Waals surface area (Å²) in [4.78, 5) is 0.762. The Hall–Kier alpha value is -3.22. The molecule has 7 heteroatoms. The van der Waals surface area contributed by atoms with Crippen LogP contribution in [0.25, 0.3) is 26.9 Å². The Morgan fingerprint density at radius 2 is 1.59 bits per heavy atom. The van der Waals surface area contributed by atoms with E-state index in [9.17, 15) is 0 Å². The maximum absolute atomic E-state index is 6.18. The van der Waals surface area contributed by atoms with Crippen LogP contribution in [0.5, 0.6) is 5.75 Å². The molecule has 142 valence electrons. The summed E-state index contributed by atoms with van der Waals surface area (Å²) in [6.45, 7) is 0.417. The number of rotatable bonds is 5. The summed E-state index contributed by atoms with van der Waals surface area (Å²) in [5.74, 6) is 1.47. The fourth-order valence-corrected chi connectivity index (χ4v) is 4.01. The van der Waals surface area contributed by atoms with Crippen LogP contribution < -0.4 is 4.74 Å². The normalized spacial score (nSPS) is 11.1. The van der Waals surface area contributed by atoms with E-state index in [1.807, 2.05) is 78.9 Å². The fourth-order valence-electron chi connectivity index (χ4n) is 2.97. The molecule has 0 saturated heterocycles. The first-order chi connectivity index (χ1) is 14.3. The molecule has 5 aromatic rings. The second kappa shape index (κ2) is 7.66. The zero-order valence-corrected chi connectivity index (χ0v) is 16.8. The Balaban J connectivity index is 1.38. The third-order valence-electron chi connectivity index (χ3n) is 4.48. The molecule has 0 saturated carbocycles. The summed E-state index contributed by atoms with van der Waals surface area (Å²) in [5.41, 5.74) is 2.94. The van der Waals surface area contributed by atoms with Gasteiger partial charge in [-0.25, -0.2) is 0 Å². The SMILES string of the molecule is Clc1ccccc1COc1ccc(-c2nnc3sc(-c4ccccc4)nn23)cc1. The Morgan fingerprint density at radius 1 is 0.828 bits per heavy atom. The Morgan fingerprint density at radius 3 is 2.38 bits per heavy atom. The molecule has 0 spiro atoms. The number of ether oxygens (including phenoxy) is 1. The number of hydrogen-bond acceptors (Lipinski definition) is 5. The van der Waals surface area contributed by atoms with Crippen LogP contribution in [0.3, 0.4) is 0 Å². The average Bonchev–Trinajstić information content (AvgIpc) is 3.35. The quantitative estimate of drug-likeness (QED) is 0.364. The highest BCUT2D eigenvalue weighted by Gasteiger charge is 2.14. The first-order valence-corrected chi connectivity index (χ1v) is 10.2. The van der Waals surface area contributed by atoms with Crippen LogP contribution in [0, 0.1) is 0 Å². The third kappa shape index (κ3) is 3.60. The van der Waals surface area contributed by atoms with Crippen LogP contribution in [0.2, 0.25) is 5.02 Å². The second-order valence-corrected chi connectivity index (χ2v) is 7.76. The lowest BCUT2D eigenvalue weighted by Crippen LogP contribution is -1.96. The van der Waals surface area contributed by atoms with E-state index < -0.39 is 0 Å². The summed E-state index contributed by atoms with van der Waals surface area (Å²) >= 11 is 7.70. The van der Waals surface area contributed by atoms with Crippen molar-refractivity contribution in [2.24, 2.45) is 0 Å². The molecule has 0 aliphatic carbocycles. The minimum absolute atomic E-state index is 0.417. The van der Waals surface area contributed by atoms with Crippen molar-refractivity contribution in [3.8, 4) is 27.7 Å². The second-order valence-electron chi connectivity index (χ2n) is 6.40. The van der Waals surface area contributed by atoms with Gasteiger partial charge in [0.1, 0.15) is 17.4 Å². The first-order valence-electron chi connectivity index (χ1n) is 9.02. The number of nitrogens with zero attached hydrogens (tertiary/aromatic N) is 4. The Labute approximate surface area is 176 Å². The van der Waals surface area contributed by atoms with Crippen LogP contribution in [0.4, 0.5) is 0 Å². The summed E-state index contributed by atoms with van der Waals surface area (Å²) in [6.07, 6.45) is 0. The molecule has 0 radical (unpaired) electrons. The van der Waals surface area contributed by atoms with Crippen molar-refractivity contribution in [2.45, 2.75) is 6.61 Å². The molecule has 0 bridgehead atoms. The van der Waals surface area contributed by atoms with E-state index in [1.165, 1.54) is 11.3 Å². The van der Waals surface area contributed by atoms with Gasteiger partial charge in [-0.1, -0.05) is 71.5 Å². The molecular weight excluding hydrogens is 404 g/mol. The highest BCUT2D eigenvalue weighted by atomic mass is 35.5. The minimum Gasteiger partial charge on any atom is -0.489 e. The van der Waals surface area contributed by atoms with Gasteiger partial charge in [0, 0.05) is 21.7 Å². The van der Waals surface area contributed by atoms with Crippen LogP contribution in [-0.4, -0.2) is 19.8 Å². The molecule has 3 aromatic carbocycles. The van der Waals surface area contributed by atoms with Crippen molar-refractivity contribution >= 4 is 27.9 Å². The molecule has 2 heterocycles. The van der Waals surface area contributed by atoms with Gasteiger partial charge in [-0.3, -0.25) is 0 Å². The van der Waals surface area contributed by atoms with Gasteiger partial charge in [0.25, 0.3) is 0 Å². The number of hydrogen-bond donors (Lipinski definition) is 0. The molecular formula is C22H15ClN4OS. The molecule has 0 aliphatic heterocycles. The zero-order valence-electron chi connectivity index (χ0n) is 15.2. The van der Waals surface area contributed by atoms with E-state index in [4.69, 9.17) is 21.4 Å². The van der Waals surface area contributed by atoms with E-state index >= 15 is 0 Å². The smallest absolute Gasteiger partial charge is 0.235 e. The number of halogens is 1. The van der Waals surface area contributed by atoms with Crippen LogP contribution in [0.1, 0.15) is 5.56 Å². The van der Waals surface area contributed by atoms with E-state index in [0.29, 0.717) is 17.5 Å². The maximum atomic E-state index is 6.18. The van der Waals surface area contributed by atoms with Crippen molar-refractivity contribution < 1.29 is 4.74 Å². The van der Waals surface area contributed by atoms with Crippen molar-refractivity contribution in [3.63, 3.8) is 0 Å². The highest BCUT2D eigenvalue weighted by Crippen LogP contribution is 2.28. The minimum atomic E-state index is 0.417. The third-order valence-corrected chi connectivity index (χ3v) is 5.79. The molecule has 0 N–H and O–H groups in total. The van der Waals surface area contributed by atoms with E-state index in [-0.39, 0.29) is 0 Å². The lowest BCUT2D eigenvalue weighted by molar-refractivity contribution is 0.306. The van der Waals surface area contributed by atoms with Gasteiger partial charge >= 0.3 is 0 Å².